The Bertz CT molecular complexity index is 970. The van der Waals surface area contributed by atoms with E-state index in [-0.39, 0.29) is 17.5 Å². The Kier molecular flexibility index (Phi) is 6.37. The van der Waals surface area contributed by atoms with E-state index in [1.54, 1.807) is 40.0 Å². The molecule has 148 valence electrons. The van der Waals surface area contributed by atoms with Crippen molar-refractivity contribution < 1.29 is 16.8 Å². The molecule has 3 rings (SSSR count). The zero-order chi connectivity index (χ0) is 19.5. The maximum absolute atomic E-state index is 12.9. The van der Waals surface area contributed by atoms with E-state index in [0.29, 0.717) is 17.2 Å². The molecule has 1 aliphatic heterocycles. The van der Waals surface area contributed by atoms with Gasteiger partial charge in [0, 0.05) is 19.1 Å². The standard InChI is InChI=1S/C18H24N2O4S3/c1-15-6-4-8-17(14-15)26(21,22)19-11-10-16-7-2-3-12-20(16)27(23,24)18-9-5-13-25-18/h4-6,8-9,13-14,16,19H,2-3,7,10-12H2,1H3. The van der Waals surface area contributed by atoms with E-state index in [4.69, 9.17) is 0 Å². The zero-order valence-corrected chi connectivity index (χ0v) is 17.6. The highest BCUT2D eigenvalue weighted by Crippen LogP contribution is 2.29. The van der Waals surface area contributed by atoms with Gasteiger partial charge in [-0.1, -0.05) is 24.6 Å². The summed E-state index contributed by atoms with van der Waals surface area (Å²) in [7, 11) is -7.11. The Hall–Kier alpha value is -1.26. The van der Waals surface area contributed by atoms with E-state index in [1.807, 2.05) is 13.0 Å². The molecule has 0 bridgehead atoms. The SMILES string of the molecule is Cc1cccc(S(=O)(=O)NCCC2CCCCN2S(=O)(=O)c2cccs2)c1. The molecule has 27 heavy (non-hydrogen) atoms. The van der Waals surface area contributed by atoms with Crippen molar-refractivity contribution in [2.24, 2.45) is 0 Å². The van der Waals surface area contributed by atoms with Gasteiger partial charge in [0.25, 0.3) is 10.0 Å². The zero-order valence-electron chi connectivity index (χ0n) is 15.2. The molecule has 0 radical (unpaired) electrons. The Balaban J connectivity index is 1.67. The van der Waals surface area contributed by atoms with Crippen molar-refractivity contribution in [3.8, 4) is 0 Å². The molecule has 1 atom stereocenters. The highest BCUT2D eigenvalue weighted by atomic mass is 32.2. The van der Waals surface area contributed by atoms with Gasteiger partial charge in [0.1, 0.15) is 4.21 Å². The monoisotopic (exact) mass is 428 g/mol. The van der Waals surface area contributed by atoms with Crippen LogP contribution in [-0.2, 0) is 20.0 Å². The van der Waals surface area contributed by atoms with Crippen LogP contribution in [0.3, 0.4) is 0 Å². The Morgan fingerprint density at radius 2 is 1.96 bits per heavy atom. The van der Waals surface area contributed by atoms with Gasteiger partial charge in [-0.05, 0) is 55.3 Å². The molecule has 1 aromatic heterocycles. The van der Waals surface area contributed by atoms with Gasteiger partial charge in [-0.2, -0.15) is 4.31 Å². The van der Waals surface area contributed by atoms with Gasteiger partial charge in [0.05, 0.1) is 4.90 Å². The van der Waals surface area contributed by atoms with E-state index in [1.165, 1.54) is 11.3 Å². The normalized spacial score (nSPS) is 19.2. The van der Waals surface area contributed by atoms with Gasteiger partial charge < -0.3 is 0 Å². The minimum atomic E-state index is -3.60. The summed E-state index contributed by atoms with van der Waals surface area (Å²) in [6, 6.07) is 9.89. The van der Waals surface area contributed by atoms with Crippen molar-refractivity contribution in [3.63, 3.8) is 0 Å². The van der Waals surface area contributed by atoms with Crippen LogP contribution >= 0.6 is 11.3 Å². The molecular weight excluding hydrogens is 404 g/mol. The summed E-state index contributed by atoms with van der Waals surface area (Å²) in [6.07, 6.45) is 2.98. The minimum Gasteiger partial charge on any atom is -0.211 e. The van der Waals surface area contributed by atoms with Crippen molar-refractivity contribution >= 4 is 31.4 Å². The number of rotatable bonds is 7. The van der Waals surface area contributed by atoms with Gasteiger partial charge >= 0.3 is 0 Å². The molecule has 1 N–H and O–H groups in total. The molecule has 1 unspecified atom stereocenters. The molecule has 9 heteroatoms. The van der Waals surface area contributed by atoms with Gasteiger partial charge in [-0.3, -0.25) is 0 Å². The second-order valence-electron chi connectivity index (χ2n) is 6.70. The maximum Gasteiger partial charge on any atom is 0.252 e. The molecule has 6 nitrogen and oxygen atoms in total. The summed E-state index contributed by atoms with van der Waals surface area (Å²) in [6.45, 7) is 2.53. The number of nitrogens with zero attached hydrogens (tertiary/aromatic N) is 1. The highest BCUT2D eigenvalue weighted by Gasteiger charge is 2.34. The fourth-order valence-electron chi connectivity index (χ4n) is 3.33. The fraction of sp³-hybridized carbons (Fsp3) is 0.444. The fourth-order valence-corrected chi connectivity index (χ4v) is 7.33. The number of aryl methyl sites for hydroxylation is 1. The topological polar surface area (TPSA) is 83.6 Å². The lowest BCUT2D eigenvalue weighted by atomic mass is 10.0. The molecule has 2 heterocycles. The first kappa shape index (κ1) is 20.5. The van der Waals surface area contributed by atoms with Crippen molar-refractivity contribution in [1.29, 1.82) is 0 Å². The van der Waals surface area contributed by atoms with Crippen LogP contribution in [0.5, 0.6) is 0 Å². The summed E-state index contributed by atoms with van der Waals surface area (Å²) in [5.74, 6) is 0. The Morgan fingerprint density at radius 3 is 2.67 bits per heavy atom. The van der Waals surface area contributed by atoms with Crippen LogP contribution in [0.25, 0.3) is 0 Å². The second-order valence-corrected chi connectivity index (χ2v) is 11.5. The largest absolute Gasteiger partial charge is 0.252 e. The second kappa shape index (κ2) is 8.40. The molecule has 0 saturated carbocycles. The van der Waals surface area contributed by atoms with Crippen molar-refractivity contribution in [1.82, 2.24) is 9.03 Å². The van der Waals surface area contributed by atoms with Gasteiger partial charge in [-0.25, -0.2) is 21.6 Å². The molecule has 0 spiro atoms. The van der Waals surface area contributed by atoms with Crippen LogP contribution in [-0.4, -0.2) is 40.3 Å². The molecule has 0 aliphatic carbocycles. The Morgan fingerprint density at radius 1 is 1.15 bits per heavy atom. The first-order valence-electron chi connectivity index (χ1n) is 8.92. The van der Waals surface area contributed by atoms with Crippen LogP contribution in [0.15, 0.2) is 50.9 Å². The summed E-state index contributed by atoms with van der Waals surface area (Å²) >= 11 is 1.21. The first-order chi connectivity index (χ1) is 12.8. The number of piperidine rings is 1. The van der Waals surface area contributed by atoms with Crippen LogP contribution in [0.2, 0.25) is 0 Å². The Labute approximate surface area is 165 Å². The van der Waals surface area contributed by atoms with Gasteiger partial charge in [-0.15, -0.1) is 11.3 Å². The summed E-state index contributed by atoms with van der Waals surface area (Å²) in [5, 5.41) is 1.75. The predicted molar refractivity (Wildman–Crippen MR) is 107 cm³/mol. The number of benzene rings is 1. The van der Waals surface area contributed by atoms with E-state index < -0.39 is 20.0 Å². The minimum absolute atomic E-state index is 0.189. The maximum atomic E-state index is 12.9. The van der Waals surface area contributed by atoms with E-state index in [0.717, 1.165) is 24.8 Å². The average molecular weight is 429 g/mol. The van der Waals surface area contributed by atoms with Crippen molar-refractivity contribution in [2.45, 2.75) is 47.8 Å². The van der Waals surface area contributed by atoms with Crippen LogP contribution in [0, 0.1) is 6.92 Å². The molecule has 0 amide bonds. The number of hydrogen-bond acceptors (Lipinski definition) is 5. The summed E-state index contributed by atoms with van der Waals surface area (Å²) in [4.78, 5) is 0.231. The number of hydrogen-bond donors (Lipinski definition) is 1. The lowest BCUT2D eigenvalue weighted by molar-refractivity contribution is 0.242. The van der Waals surface area contributed by atoms with E-state index in [2.05, 4.69) is 4.72 Å². The van der Waals surface area contributed by atoms with E-state index in [9.17, 15) is 16.8 Å². The molecule has 1 saturated heterocycles. The third-order valence-electron chi connectivity index (χ3n) is 4.70. The quantitative estimate of drug-likeness (QED) is 0.735. The third-order valence-corrected chi connectivity index (χ3v) is 9.48. The molecule has 2 aromatic rings. The molecule has 1 aliphatic rings. The molecule has 1 fully saturated rings. The smallest absolute Gasteiger partial charge is 0.211 e. The molecular formula is C18H24N2O4S3. The van der Waals surface area contributed by atoms with Crippen molar-refractivity contribution in [2.75, 3.05) is 13.1 Å². The number of nitrogens with one attached hydrogen (secondary N) is 1. The summed E-state index contributed by atoms with van der Waals surface area (Å²) in [5.41, 5.74) is 0.873. The first-order valence-corrected chi connectivity index (χ1v) is 12.7. The number of sulfonamides is 2. The highest BCUT2D eigenvalue weighted by molar-refractivity contribution is 7.91. The van der Waals surface area contributed by atoms with Crippen LogP contribution in [0.4, 0.5) is 0 Å². The lowest BCUT2D eigenvalue weighted by Crippen LogP contribution is -2.44. The number of thiophene rings is 1. The predicted octanol–water partition coefficient (Wildman–Crippen LogP) is 2.97. The van der Waals surface area contributed by atoms with Crippen molar-refractivity contribution in [3.05, 3.63) is 47.3 Å². The van der Waals surface area contributed by atoms with Gasteiger partial charge in [0.15, 0.2) is 0 Å². The third kappa shape index (κ3) is 4.78. The van der Waals surface area contributed by atoms with Gasteiger partial charge in [0.2, 0.25) is 10.0 Å². The summed E-state index contributed by atoms with van der Waals surface area (Å²) < 4.78 is 55.1. The van der Waals surface area contributed by atoms with Crippen LogP contribution < -0.4 is 4.72 Å². The van der Waals surface area contributed by atoms with E-state index >= 15 is 0 Å². The molecule has 1 aromatic carbocycles. The van der Waals surface area contributed by atoms with Crippen LogP contribution in [0.1, 0.15) is 31.2 Å². The lowest BCUT2D eigenvalue weighted by Gasteiger charge is -2.34. The average Bonchev–Trinajstić information content (AvgIpc) is 3.17.